The van der Waals surface area contributed by atoms with E-state index in [1.165, 1.54) is 4.68 Å². The summed E-state index contributed by atoms with van der Waals surface area (Å²) in [6.07, 6.45) is 3.18. The zero-order valence-electron chi connectivity index (χ0n) is 12.2. The maximum Gasteiger partial charge on any atom is 0.291 e. The molecule has 5 heteroatoms. The third-order valence-corrected chi connectivity index (χ3v) is 3.82. The number of rotatable bonds is 1. The van der Waals surface area contributed by atoms with Crippen molar-refractivity contribution < 1.29 is 8.78 Å². The number of aryl methyl sites for hydroxylation is 1. The van der Waals surface area contributed by atoms with E-state index in [1.807, 2.05) is 27.7 Å². The Kier molecular flexibility index (Phi) is 3.67. The summed E-state index contributed by atoms with van der Waals surface area (Å²) in [6.45, 7) is 7.58. The number of hydrogen-bond acceptors (Lipinski definition) is 2. The Labute approximate surface area is 113 Å². The van der Waals surface area contributed by atoms with Gasteiger partial charge in [0, 0.05) is 12.5 Å². The lowest BCUT2D eigenvalue weighted by atomic mass is 9.81. The average Bonchev–Trinajstić information content (AvgIpc) is 2.67. The zero-order chi connectivity index (χ0) is 14.3. The van der Waals surface area contributed by atoms with Crippen molar-refractivity contribution in [3.8, 4) is 0 Å². The van der Waals surface area contributed by atoms with Crippen molar-refractivity contribution in [3.63, 3.8) is 0 Å². The summed E-state index contributed by atoms with van der Waals surface area (Å²) in [4.78, 5) is 0. The molecule has 0 bridgehead atoms. The lowest BCUT2D eigenvalue weighted by Crippen LogP contribution is -2.28. The molecular weight excluding hydrogens is 248 g/mol. The summed E-state index contributed by atoms with van der Waals surface area (Å²) in [5.41, 5.74) is 0.172. The van der Waals surface area contributed by atoms with Crippen LogP contribution in [0.1, 0.15) is 70.8 Å². The quantitative estimate of drug-likeness (QED) is 0.770. The van der Waals surface area contributed by atoms with E-state index in [0.717, 1.165) is 19.3 Å². The SMILES string of the molecule is CC(C)n1nnc2c1C(F)(F)CC(C)(C)CCCC2. The molecule has 0 radical (unpaired) electrons. The van der Waals surface area contributed by atoms with Crippen LogP contribution in [0, 0.1) is 5.41 Å². The highest BCUT2D eigenvalue weighted by molar-refractivity contribution is 5.18. The number of nitrogens with zero attached hydrogens (tertiary/aromatic N) is 3. The van der Waals surface area contributed by atoms with E-state index in [-0.39, 0.29) is 23.6 Å². The summed E-state index contributed by atoms with van der Waals surface area (Å²) in [7, 11) is 0. The van der Waals surface area contributed by atoms with Crippen molar-refractivity contribution in [1.82, 2.24) is 15.0 Å². The van der Waals surface area contributed by atoms with Crippen LogP contribution in [0.15, 0.2) is 0 Å². The van der Waals surface area contributed by atoms with Gasteiger partial charge in [0.15, 0.2) is 0 Å². The summed E-state index contributed by atoms with van der Waals surface area (Å²) >= 11 is 0. The Morgan fingerprint density at radius 1 is 1.21 bits per heavy atom. The predicted octanol–water partition coefficient (Wildman–Crippen LogP) is 4.09. The van der Waals surface area contributed by atoms with Gasteiger partial charge in [-0.25, -0.2) is 4.68 Å². The highest BCUT2D eigenvalue weighted by atomic mass is 19.3. The molecule has 3 nitrogen and oxygen atoms in total. The molecule has 0 atom stereocenters. The molecule has 0 amide bonds. The molecule has 0 fully saturated rings. The normalized spacial score (nSPS) is 22.5. The Bertz CT molecular complexity index is 450. The fourth-order valence-corrected chi connectivity index (χ4v) is 2.90. The van der Waals surface area contributed by atoms with Gasteiger partial charge in [0.2, 0.25) is 0 Å². The fraction of sp³-hybridized carbons (Fsp3) is 0.857. The topological polar surface area (TPSA) is 30.7 Å². The number of alkyl halides is 2. The van der Waals surface area contributed by atoms with Crippen molar-refractivity contribution in [1.29, 1.82) is 0 Å². The number of halogens is 2. The van der Waals surface area contributed by atoms with Gasteiger partial charge in [-0.05, 0) is 38.5 Å². The lowest BCUT2D eigenvalue weighted by Gasteiger charge is -2.29. The van der Waals surface area contributed by atoms with Crippen molar-refractivity contribution in [3.05, 3.63) is 11.4 Å². The summed E-state index contributed by atoms with van der Waals surface area (Å²) in [5, 5.41) is 7.94. The van der Waals surface area contributed by atoms with E-state index in [9.17, 15) is 8.78 Å². The largest absolute Gasteiger partial charge is 0.291 e. The van der Waals surface area contributed by atoms with Crippen molar-refractivity contribution in [2.75, 3.05) is 0 Å². The number of hydrogen-bond donors (Lipinski definition) is 0. The van der Waals surface area contributed by atoms with Crippen LogP contribution in [0.3, 0.4) is 0 Å². The van der Waals surface area contributed by atoms with Gasteiger partial charge in [-0.15, -0.1) is 5.10 Å². The molecule has 1 heterocycles. The maximum atomic E-state index is 14.7. The average molecular weight is 271 g/mol. The highest BCUT2D eigenvalue weighted by Gasteiger charge is 2.44. The van der Waals surface area contributed by atoms with Crippen LogP contribution in [0.25, 0.3) is 0 Å². The van der Waals surface area contributed by atoms with Gasteiger partial charge in [0.25, 0.3) is 5.92 Å². The van der Waals surface area contributed by atoms with Crippen molar-refractivity contribution >= 4 is 0 Å². The van der Waals surface area contributed by atoms with E-state index in [1.54, 1.807) is 0 Å². The second-order valence-electron chi connectivity index (χ2n) is 6.68. The minimum atomic E-state index is -2.85. The fourth-order valence-electron chi connectivity index (χ4n) is 2.90. The first-order valence-electron chi connectivity index (χ1n) is 7.05. The molecule has 0 unspecified atom stereocenters. The van der Waals surface area contributed by atoms with Crippen LogP contribution in [-0.2, 0) is 12.3 Å². The molecule has 1 aromatic heterocycles. The van der Waals surface area contributed by atoms with Crippen molar-refractivity contribution in [2.45, 2.75) is 71.8 Å². The van der Waals surface area contributed by atoms with Crippen LogP contribution >= 0.6 is 0 Å². The van der Waals surface area contributed by atoms with E-state index in [2.05, 4.69) is 10.3 Å². The first-order chi connectivity index (χ1) is 8.73. The number of fused-ring (bicyclic) bond motifs is 1. The molecular formula is C14H23F2N3. The smallest absolute Gasteiger partial charge is 0.240 e. The van der Waals surface area contributed by atoms with E-state index >= 15 is 0 Å². The molecule has 0 spiro atoms. The standard InChI is InChI=1S/C14H23F2N3/c1-10(2)19-12-11(17-18-19)7-5-6-8-13(3,4)9-14(12,15)16/h10H,5-9H2,1-4H3. The molecule has 0 saturated heterocycles. The Balaban J connectivity index is 2.49. The first-order valence-corrected chi connectivity index (χ1v) is 7.05. The first kappa shape index (κ1) is 14.4. The van der Waals surface area contributed by atoms with Crippen molar-refractivity contribution in [2.24, 2.45) is 5.41 Å². The van der Waals surface area contributed by atoms with Gasteiger partial charge in [0.1, 0.15) is 5.69 Å². The van der Waals surface area contributed by atoms with Gasteiger partial charge in [-0.3, -0.25) is 0 Å². The monoisotopic (exact) mass is 271 g/mol. The number of aromatic nitrogens is 3. The van der Waals surface area contributed by atoms with Crippen LogP contribution in [-0.4, -0.2) is 15.0 Å². The molecule has 0 aliphatic heterocycles. The van der Waals surface area contributed by atoms with Crippen LogP contribution in [0.2, 0.25) is 0 Å². The van der Waals surface area contributed by atoms with Gasteiger partial charge in [-0.1, -0.05) is 25.5 Å². The molecule has 1 aliphatic rings. The molecule has 1 aliphatic carbocycles. The maximum absolute atomic E-state index is 14.7. The molecule has 108 valence electrons. The lowest BCUT2D eigenvalue weighted by molar-refractivity contribution is -0.0553. The van der Waals surface area contributed by atoms with E-state index in [4.69, 9.17) is 0 Å². The Morgan fingerprint density at radius 3 is 2.53 bits per heavy atom. The van der Waals surface area contributed by atoms with Crippen LogP contribution < -0.4 is 0 Å². The minimum Gasteiger partial charge on any atom is -0.240 e. The molecule has 1 aromatic rings. The van der Waals surface area contributed by atoms with E-state index in [0.29, 0.717) is 12.1 Å². The third kappa shape index (κ3) is 2.95. The van der Waals surface area contributed by atoms with Gasteiger partial charge in [-0.2, -0.15) is 8.78 Å². The Morgan fingerprint density at radius 2 is 1.89 bits per heavy atom. The van der Waals surface area contributed by atoms with Crippen LogP contribution in [0.4, 0.5) is 8.78 Å². The highest BCUT2D eigenvalue weighted by Crippen LogP contribution is 2.44. The molecule has 0 aromatic carbocycles. The molecule has 19 heavy (non-hydrogen) atoms. The molecule has 0 N–H and O–H groups in total. The molecule has 2 rings (SSSR count). The summed E-state index contributed by atoms with van der Waals surface area (Å²) in [6, 6.07) is -0.0917. The predicted molar refractivity (Wildman–Crippen MR) is 70.3 cm³/mol. The minimum absolute atomic E-state index is 0.0393. The summed E-state index contributed by atoms with van der Waals surface area (Å²) < 4.78 is 30.7. The van der Waals surface area contributed by atoms with Gasteiger partial charge in [0.05, 0.1) is 5.69 Å². The Hall–Kier alpha value is -1.00. The van der Waals surface area contributed by atoms with Gasteiger partial charge >= 0.3 is 0 Å². The van der Waals surface area contributed by atoms with Gasteiger partial charge < -0.3 is 0 Å². The second kappa shape index (κ2) is 4.84. The third-order valence-electron chi connectivity index (χ3n) is 3.82. The molecule has 0 saturated carbocycles. The zero-order valence-corrected chi connectivity index (χ0v) is 12.2. The van der Waals surface area contributed by atoms with Crippen LogP contribution in [0.5, 0.6) is 0 Å². The summed E-state index contributed by atoms with van der Waals surface area (Å²) in [5.74, 6) is -2.85. The second-order valence-corrected chi connectivity index (χ2v) is 6.68. The van der Waals surface area contributed by atoms with E-state index < -0.39 is 5.92 Å².